The Morgan fingerprint density at radius 3 is 2.30 bits per heavy atom. The minimum Gasteiger partial charge on any atom is -0.450 e. The van der Waals surface area contributed by atoms with Gasteiger partial charge in [0.1, 0.15) is 0 Å². The summed E-state index contributed by atoms with van der Waals surface area (Å²) < 4.78 is 6.38. The normalized spacial score (nSPS) is 40.0. The van der Waals surface area contributed by atoms with E-state index in [1.165, 1.54) is 5.57 Å². The van der Waals surface area contributed by atoms with Gasteiger partial charge < -0.3 is 4.74 Å². The molecule has 4 aliphatic rings. The molecule has 0 amide bonds. The molecule has 0 bridgehead atoms. The van der Waals surface area contributed by atoms with Gasteiger partial charge in [-0.25, -0.2) is 0 Å². The number of fused-ring (bicyclic) bond motifs is 5. The van der Waals surface area contributed by atoms with E-state index in [2.05, 4.69) is 27.7 Å². The molecule has 0 N–H and O–H groups in total. The molecule has 0 aliphatic heterocycles. The lowest BCUT2D eigenvalue weighted by Gasteiger charge is -2.59. The summed E-state index contributed by atoms with van der Waals surface area (Å²) in [5.41, 5.74) is 0.219. The number of carbonyl (C=O) groups is 3. The number of allylic oxidation sites excluding steroid dienone is 1. The van der Waals surface area contributed by atoms with Crippen LogP contribution in [-0.4, -0.2) is 23.1 Å². The van der Waals surface area contributed by atoms with E-state index in [4.69, 9.17) is 4.74 Å². The lowest BCUT2D eigenvalue weighted by molar-refractivity contribution is -0.192. The van der Waals surface area contributed by atoms with E-state index in [0.717, 1.165) is 64.2 Å². The second kappa shape index (κ2) is 8.96. The van der Waals surface area contributed by atoms with Crippen molar-refractivity contribution in [3.05, 3.63) is 11.6 Å². The first kappa shape index (κ1) is 24.7. The highest BCUT2D eigenvalue weighted by molar-refractivity contribution is 5.92. The molecule has 3 saturated carbocycles. The number of Topliss-reactive ketones (excluding diaryl/α,β-unsaturated/α-hetero) is 1. The van der Waals surface area contributed by atoms with Gasteiger partial charge in [-0.2, -0.15) is 0 Å². The van der Waals surface area contributed by atoms with Crippen molar-refractivity contribution in [3.63, 3.8) is 0 Å². The molecule has 33 heavy (non-hydrogen) atoms. The molecule has 0 unspecified atom stereocenters. The Balaban J connectivity index is 1.63. The Morgan fingerprint density at radius 1 is 1.00 bits per heavy atom. The van der Waals surface area contributed by atoms with E-state index in [1.54, 1.807) is 6.92 Å². The molecule has 4 aliphatic carbocycles. The van der Waals surface area contributed by atoms with Gasteiger partial charge in [-0.15, -0.1) is 0 Å². The topological polar surface area (TPSA) is 60.4 Å². The molecule has 3 fully saturated rings. The molecule has 4 rings (SSSR count). The van der Waals surface area contributed by atoms with Gasteiger partial charge in [-0.1, -0.05) is 46.1 Å². The predicted molar refractivity (Wildman–Crippen MR) is 130 cm³/mol. The number of carbonyl (C=O) groups excluding carboxylic acids is 3. The average Bonchev–Trinajstić information content (AvgIpc) is 3.07. The molecule has 0 radical (unpaired) electrons. The molecular formula is C29H44O4. The van der Waals surface area contributed by atoms with Crippen molar-refractivity contribution in [2.24, 2.45) is 34.5 Å². The SMILES string of the molecule is CCCC(CCC)C(=O)O[C@@]1(C(C)=O)CC[C@H]2[C@@H]3CCC4=CC(=O)CC[C@]4(C)[C@H]3CC[C@@]21C. The second-order valence-electron chi connectivity index (χ2n) is 12.0. The lowest BCUT2D eigenvalue weighted by Crippen LogP contribution is -2.59. The largest absolute Gasteiger partial charge is 0.450 e. The first-order chi connectivity index (χ1) is 15.6. The molecule has 6 atom stereocenters. The first-order valence-electron chi connectivity index (χ1n) is 13.6. The summed E-state index contributed by atoms with van der Waals surface area (Å²) in [7, 11) is 0. The van der Waals surface area contributed by atoms with Gasteiger partial charge in [-0.05, 0) is 94.0 Å². The van der Waals surface area contributed by atoms with Gasteiger partial charge in [-0.3, -0.25) is 14.4 Å². The predicted octanol–water partition coefficient (Wildman–Crippen LogP) is 6.61. The zero-order valence-electron chi connectivity index (χ0n) is 21.5. The third-order valence-corrected chi connectivity index (χ3v) is 10.5. The highest BCUT2D eigenvalue weighted by Crippen LogP contribution is 2.68. The molecular weight excluding hydrogens is 412 g/mol. The van der Waals surface area contributed by atoms with E-state index in [0.29, 0.717) is 36.4 Å². The van der Waals surface area contributed by atoms with Crippen molar-refractivity contribution in [3.8, 4) is 0 Å². The van der Waals surface area contributed by atoms with Crippen LogP contribution in [0.25, 0.3) is 0 Å². The fourth-order valence-corrected chi connectivity index (χ4v) is 8.71. The smallest absolute Gasteiger partial charge is 0.309 e. The maximum absolute atomic E-state index is 13.3. The molecule has 0 aromatic rings. The van der Waals surface area contributed by atoms with Gasteiger partial charge in [0.25, 0.3) is 0 Å². The van der Waals surface area contributed by atoms with Crippen molar-refractivity contribution in [1.82, 2.24) is 0 Å². The lowest BCUT2D eigenvalue weighted by atomic mass is 9.46. The third kappa shape index (κ3) is 3.74. The summed E-state index contributed by atoms with van der Waals surface area (Å²) in [6.45, 7) is 10.5. The van der Waals surface area contributed by atoms with Gasteiger partial charge in [0.05, 0.1) is 5.92 Å². The van der Waals surface area contributed by atoms with Gasteiger partial charge >= 0.3 is 5.97 Å². The Bertz CT molecular complexity index is 837. The zero-order chi connectivity index (χ0) is 24.0. The van der Waals surface area contributed by atoms with Crippen LogP contribution in [0.1, 0.15) is 112 Å². The average molecular weight is 457 g/mol. The molecule has 4 heteroatoms. The van der Waals surface area contributed by atoms with E-state index >= 15 is 0 Å². The number of esters is 1. The number of rotatable bonds is 7. The van der Waals surface area contributed by atoms with Crippen LogP contribution in [0.15, 0.2) is 11.6 Å². The molecule has 184 valence electrons. The summed E-state index contributed by atoms with van der Waals surface area (Å²) in [5.74, 6) is 1.59. The quantitative estimate of drug-likeness (QED) is 0.405. The highest BCUT2D eigenvalue weighted by atomic mass is 16.6. The molecule has 0 spiro atoms. The summed E-state index contributed by atoms with van der Waals surface area (Å²) >= 11 is 0. The molecule has 0 heterocycles. The summed E-state index contributed by atoms with van der Waals surface area (Å²) in [5, 5.41) is 0. The molecule has 4 nitrogen and oxygen atoms in total. The summed E-state index contributed by atoms with van der Waals surface area (Å²) in [6.07, 6.45) is 12.8. The first-order valence-corrected chi connectivity index (χ1v) is 13.6. The van der Waals surface area contributed by atoms with E-state index < -0.39 is 5.60 Å². The third-order valence-electron chi connectivity index (χ3n) is 10.5. The van der Waals surface area contributed by atoms with E-state index in [1.807, 2.05) is 6.08 Å². The number of hydrogen-bond acceptors (Lipinski definition) is 4. The van der Waals surface area contributed by atoms with Crippen LogP contribution in [0, 0.1) is 34.5 Å². The molecule has 0 saturated heterocycles. The summed E-state index contributed by atoms with van der Waals surface area (Å²) in [6, 6.07) is 0. The standard InChI is InChI=1S/C29H44O4/c1-6-8-20(9-7-2)26(32)33-29(19(3)30)17-14-25-23-11-10-21-18-22(31)12-15-27(21,4)24(23)13-16-28(25,29)5/h18,20,23-25H,6-17H2,1-5H3/t23-,24+,25+,27+,28+,29-/m1/s1. The van der Waals surface area contributed by atoms with Crippen LogP contribution in [0.3, 0.4) is 0 Å². The van der Waals surface area contributed by atoms with Crippen molar-refractivity contribution < 1.29 is 19.1 Å². The van der Waals surface area contributed by atoms with Crippen LogP contribution >= 0.6 is 0 Å². The van der Waals surface area contributed by atoms with E-state index in [9.17, 15) is 14.4 Å². The Kier molecular flexibility index (Phi) is 6.70. The second-order valence-corrected chi connectivity index (χ2v) is 12.0. The fourth-order valence-electron chi connectivity index (χ4n) is 8.71. The van der Waals surface area contributed by atoms with Gasteiger partial charge in [0.15, 0.2) is 17.2 Å². The van der Waals surface area contributed by atoms with E-state index in [-0.39, 0.29) is 28.5 Å². The Morgan fingerprint density at radius 2 is 1.67 bits per heavy atom. The highest BCUT2D eigenvalue weighted by Gasteiger charge is 2.68. The number of hydrogen-bond donors (Lipinski definition) is 0. The van der Waals surface area contributed by atoms with Crippen molar-refractivity contribution in [2.45, 2.75) is 117 Å². The van der Waals surface area contributed by atoms with Crippen molar-refractivity contribution in [1.29, 1.82) is 0 Å². The van der Waals surface area contributed by atoms with Gasteiger partial charge in [0.2, 0.25) is 0 Å². The fraction of sp³-hybridized carbons (Fsp3) is 0.828. The van der Waals surface area contributed by atoms with Gasteiger partial charge in [0, 0.05) is 11.8 Å². The van der Waals surface area contributed by atoms with Crippen molar-refractivity contribution >= 4 is 17.5 Å². The molecule has 0 aromatic carbocycles. The van der Waals surface area contributed by atoms with Crippen LogP contribution in [0.5, 0.6) is 0 Å². The summed E-state index contributed by atoms with van der Waals surface area (Å²) in [4.78, 5) is 38.7. The number of ether oxygens (including phenoxy) is 1. The Labute approximate surface area is 200 Å². The minimum absolute atomic E-state index is 0.0388. The van der Waals surface area contributed by atoms with Crippen molar-refractivity contribution in [2.75, 3.05) is 0 Å². The van der Waals surface area contributed by atoms with Crippen LogP contribution in [-0.2, 0) is 19.1 Å². The van der Waals surface area contributed by atoms with Crippen LogP contribution in [0.2, 0.25) is 0 Å². The number of ketones is 2. The van der Waals surface area contributed by atoms with Crippen LogP contribution in [0.4, 0.5) is 0 Å². The zero-order valence-corrected chi connectivity index (χ0v) is 21.5. The monoisotopic (exact) mass is 456 g/mol. The Hall–Kier alpha value is -1.45. The van der Waals surface area contributed by atoms with Crippen LogP contribution < -0.4 is 0 Å². The molecule has 0 aromatic heterocycles. The maximum atomic E-state index is 13.3. The minimum atomic E-state index is -0.973. The maximum Gasteiger partial charge on any atom is 0.309 e.